The maximum atomic E-state index is 12.7. The fourth-order valence-electron chi connectivity index (χ4n) is 3.73. The van der Waals surface area contributed by atoms with E-state index in [0.717, 1.165) is 36.6 Å². The molecule has 1 aliphatic carbocycles. The first-order valence-corrected chi connectivity index (χ1v) is 9.54. The summed E-state index contributed by atoms with van der Waals surface area (Å²) in [5.41, 5.74) is 1.12. The van der Waals surface area contributed by atoms with Crippen LogP contribution in [0.25, 0.3) is 10.9 Å². The molecule has 7 heteroatoms. The first kappa shape index (κ1) is 19.4. The third-order valence-electron chi connectivity index (χ3n) is 5.34. The number of aliphatic hydroxyl groups excluding tert-OH is 1. The molecule has 1 aliphatic rings. The van der Waals surface area contributed by atoms with Gasteiger partial charge in [0.05, 0.1) is 11.6 Å². The minimum atomic E-state index is -1.05. The molecule has 1 heterocycles. The van der Waals surface area contributed by atoms with Gasteiger partial charge in [0.1, 0.15) is 6.04 Å². The van der Waals surface area contributed by atoms with E-state index in [1.165, 1.54) is 0 Å². The van der Waals surface area contributed by atoms with Crippen molar-refractivity contribution in [3.63, 3.8) is 0 Å². The molecule has 0 saturated heterocycles. The molecule has 2 aromatic rings. The summed E-state index contributed by atoms with van der Waals surface area (Å²) < 4.78 is 1.85. The summed E-state index contributed by atoms with van der Waals surface area (Å²) in [6.45, 7) is 4.20. The number of carbonyl (C=O) groups is 2. The Morgan fingerprint density at radius 2 is 1.89 bits per heavy atom. The normalized spacial score (nSPS) is 21.3. The summed E-state index contributed by atoms with van der Waals surface area (Å²) in [6, 6.07) is 6.55. The zero-order valence-electron chi connectivity index (χ0n) is 15.8. The van der Waals surface area contributed by atoms with E-state index in [1.54, 1.807) is 13.8 Å². The van der Waals surface area contributed by atoms with Gasteiger partial charge >= 0.3 is 5.97 Å². The monoisotopic (exact) mass is 373 g/mol. The molecule has 1 fully saturated rings. The van der Waals surface area contributed by atoms with Gasteiger partial charge in [-0.05, 0) is 43.6 Å². The van der Waals surface area contributed by atoms with Crippen LogP contribution >= 0.6 is 0 Å². The molecular weight excluding hydrogens is 346 g/mol. The van der Waals surface area contributed by atoms with Crippen LogP contribution in [0.5, 0.6) is 0 Å². The van der Waals surface area contributed by atoms with Crippen LogP contribution in [-0.4, -0.2) is 44.0 Å². The topological polar surface area (TPSA) is 104 Å². The van der Waals surface area contributed by atoms with Crippen molar-refractivity contribution >= 4 is 22.8 Å². The van der Waals surface area contributed by atoms with Crippen LogP contribution in [0.2, 0.25) is 0 Å². The molecule has 146 valence electrons. The summed E-state index contributed by atoms with van der Waals surface area (Å²) in [4.78, 5) is 24.1. The molecule has 27 heavy (non-hydrogen) atoms. The SMILES string of the molecule is CC(C)[C@H](NC(=O)c1nn(CC2CCC(O)CC2)c2ccccc12)C(=O)O. The number of carboxylic acids is 1. The summed E-state index contributed by atoms with van der Waals surface area (Å²) in [5.74, 6) is -1.34. The summed E-state index contributed by atoms with van der Waals surface area (Å²) >= 11 is 0. The van der Waals surface area contributed by atoms with E-state index in [-0.39, 0.29) is 17.7 Å². The van der Waals surface area contributed by atoms with Crippen LogP contribution in [-0.2, 0) is 11.3 Å². The Labute approximate surface area is 158 Å². The van der Waals surface area contributed by atoms with E-state index in [0.29, 0.717) is 12.5 Å². The number of nitrogens with one attached hydrogen (secondary N) is 1. The Kier molecular flexibility index (Phi) is 5.79. The van der Waals surface area contributed by atoms with Gasteiger partial charge in [-0.1, -0.05) is 32.0 Å². The number of carbonyl (C=O) groups excluding carboxylic acids is 1. The summed E-state index contributed by atoms with van der Waals surface area (Å²) in [6.07, 6.45) is 3.26. The highest BCUT2D eigenvalue weighted by Crippen LogP contribution is 2.27. The van der Waals surface area contributed by atoms with Crippen molar-refractivity contribution in [3.8, 4) is 0 Å². The van der Waals surface area contributed by atoms with E-state index in [1.807, 2.05) is 28.9 Å². The van der Waals surface area contributed by atoms with Gasteiger partial charge < -0.3 is 15.5 Å². The molecule has 1 amide bonds. The zero-order valence-corrected chi connectivity index (χ0v) is 15.8. The highest BCUT2D eigenvalue weighted by Gasteiger charge is 2.27. The molecule has 0 radical (unpaired) electrons. The van der Waals surface area contributed by atoms with E-state index in [2.05, 4.69) is 10.4 Å². The number of hydrogen-bond acceptors (Lipinski definition) is 4. The van der Waals surface area contributed by atoms with Crippen molar-refractivity contribution in [2.75, 3.05) is 0 Å². The second-order valence-corrected chi connectivity index (χ2v) is 7.76. The fourth-order valence-corrected chi connectivity index (χ4v) is 3.73. The van der Waals surface area contributed by atoms with Gasteiger partial charge in [-0.3, -0.25) is 9.48 Å². The predicted octanol–water partition coefficient (Wildman–Crippen LogP) is 2.43. The lowest BCUT2D eigenvalue weighted by Crippen LogP contribution is -2.44. The first-order chi connectivity index (χ1) is 12.9. The molecule has 1 aromatic carbocycles. The molecule has 0 bridgehead atoms. The average Bonchev–Trinajstić information content (AvgIpc) is 3.00. The number of fused-ring (bicyclic) bond motifs is 1. The van der Waals surface area contributed by atoms with Crippen LogP contribution in [0.1, 0.15) is 50.0 Å². The Morgan fingerprint density at radius 3 is 2.52 bits per heavy atom. The van der Waals surface area contributed by atoms with Crippen molar-refractivity contribution < 1.29 is 19.8 Å². The number of carboxylic acid groups (broad SMARTS) is 1. The molecule has 7 nitrogen and oxygen atoms in total. The molecule has 0 aliphatic heterocycles. The Hall–Kier alpha value is -2.41. The van der Waals surface area contributed by atoms with Gasteiger partial charge in [0.25, 0.3) is 5.91 Å². The minimum Gasteiger partial charge on any atom is -0.480 e. The van der Waals surface area contributed by atoms with Crippen LogP contribution in [0.15, 0.2) is 24.3 Å². The molecular formula is C20H27N3O4. The quantitative estimate of drug-likeness (QED) is 0.721. The standard InChI is InChI=1S/C20H27N3O4/c1-12(2)17(20(26)27)21-19(25)18-15-5-3-4-6-16(15)23(22-18)11-13-7-9-14(24)10-8-13/h3-6,12-14,17,24H,7-11H2,1-2H3,(H,21,25)(H,26,27)/t13?,14?,17-/m0/s1. The van der Waals surface area contributed by atoms with Crippen LogP contribution in [0.3, 0.4) is 0 Å². The van der Waals surface area contributed by atoms with E-state index in [9.17, 15) is 19.8 Å². The Bertz CT molecular complexity index is 822. The Morgan fingerprint density at radius 1 is 1.22 bits per heavy atom. The molecule has 3 rings (SSSR count). The molecule has 0 spiro atoms. The van der Waals surface area contributed by atoms with E-state index < -0.39 is 17.9 Å². The lowest BCUT2D eigenvalue weighted by molar-refractivity contribution is -0.140. The maximum Gasteiger partial charge on any atom is 0.326 e. The first-order valence-electron chi connectivity index (χ1n) is 9.54. The molecule has 1 atom stereocenters. The highest BCUT2D eigenvalue weighted by molar-refractivity contribution is 6.05. The maximum absolute atomic E-state index is 12.7. The number of para-hydroxylation sites is 1. The van der Waals surface area contributed by atoms with Crippen LogP contribution < -0.4 is 5.32 Å². The van der Waals surface area contributed by atoms with Gasteiger partial charge in [0.15, 0.2) is 5.69 Å². The fraction of sp³-hybridized carbons (Fsp3) is 0.550. The number of amides is 1. The summed E-state index contributed by atoms with van der Waals surface area (Å²) in [7, 11) is 0. The van der Waals surface area contributed by atoms with Gasteiger partial charge in [-0.2, -0.15) is 5.10 Å². The van der Waals surface area contributed by atoms with Gasteiger partial charge in [-0.15, -0.1) is 0 Å². The van der Waals surface area contributed by atoms with E-state index in [4.69, 9.17) is 0 Å². The molecule has 1 saturated carbocycles. The van der Waals surface area contributed by atoms with Crippen molar-refractivity contribution in [1.82, 2.24) is 15.1 Å². The minimum absolute atomic E-state index is 0.207. The second kappa shape index (κ2) is 8.08. The lowest BCUT2D eigenvalue weighted by Gasteiger charge is -2.25. The van der Waals surface area contributed by atoms with Crippen LogP contribution in [0, 0.1) is 11.8 Å². The van der Waals surface area contributed by atoms with Crippen molar-refractivity contribution in [3.05, 3.63) is 30.0 Å². The molecule has 1 aromatic heterocycles. The number of aromatic nitrogens is 2. The predicted molar refractivity (Wildman–Crippen MR) is 101 cm³/mol. The third-order valence-corrected chi connectivity index (χ3v) is 5.34. The number of aliphatic carboxylic acids is 1. The highest BCUT2D eigenvalue weighted by atomic mass is 16.4. The average molecular weight is 373 g/mol. The van der Waals surface area contributed by atoms with Crippen molar-refractivity contribution in [1.29, 1.82) is 0 Å². The number of nitrogens with zero attached hydrogens (tertiary/aromatic N) is 2. The van der Waals surface area contributed by atoms with Gasteiger partial charge in [-0.25, -0.2) is 4.79 Å². The Balaban J connectivity index is 1.85. The summed E-state index contributed by atoms with van der Waals surface area (Å²) in [5, 5.41) is 26.9. The number of rotatable bonds is 6. The number of hydrogen-bond donors (Lipinski definition) is 3. The van der Waals surface area contributed by atoms with Crippen molar-refractivity contribution in [2.24, 2.45) is 11.8 Å². The lowest BCUT2D eigenvalue weighted by atomic mass is 9.87. The molecule has 3 N–H and O–H groups in total. The smallest absolute Gasteiger partial charge is 0.326 e. The number of benzene rings is 1. The third kappa shape index (κ3) is 4.30. The molecule has 0 unspecified atom stereocenters. The number of aliphatic hydroxyl groups is 1. The zero-order chi connectivity index (χ0) is 19.6. The van der Waals surface area contributed by atoms with Crippen LogP contribution in [0.4, 0.5) is 0 Å². The van der Waals surface area contributed by atoms with Gasteiger partial charge in [0.2, 0.25) is 0 Å². The van der Waals surface area contributed by atoms with E-state index >= 15 is 0 Å². The van der Waals surface area contributed by atoms with Crippen molar-refractivity contribution in [2.45, 2.75) is 58.2 Å². The van der Waals surface area contributed by atoms with Gasteiger partial charge in [0, 0.05) is 11.9 Å². The second-order valence-electron chi connectivity index (χ2n) is 7.76. The largest absolute Gasteiger partial charge is 0.480 e.